The monoisotopic (exact) mass is 567 g/mol. The first-order valence-corrected chi connectivity index (χ1v) is 15.3. The van der Waals surface area contributed by atoms with Gasteiger partial charge in [0.25, 0.3) is 0 Å². The number of nitrogens with zero attached hydrogens (tertiary/aromatic N) is 4. The summed E-state index contributed by atoms with van der Waals surface area (Å²) in [6.07, 6.45) is 12.1. The molecule has 7 aromatic rings. The summed E-state index contributed by atoms with van der Waals surface area (Å²) in [4.78, 5) is 14.8. The molecule has 0 saturated heterocycles. The molecule has 210 valence electrons. The predicted octanol–water partition coefficient (Wildman–Crippen LogP) is 8.34. The van der Waals surface area contributed by atoms with Crippen molar-refractivity contribution in [2.45, 2.75) is 18.8 Å². The molecule has 4 heterocycles. The molecule has 2 aliphatic rings. The first-order chi connectivity index (χ1) is 21.8. The average molecular weight is 568 g/mol. The Hall–Kier alpha value is -5.55. The van der Waals surface area contributed by atoms with Crippen LogP contribution in [-0.2, 0) is 6.42 Å². The van der Waals surface area contributed by atoms with Crippen molar-refractivity contribution in [2.24, 2.45) is 0 Å². The molecule has 1 atom stereocenters. The zero-order chi connectivity index (χ0) is 29.0. The number of hydrogen-bond donors (Lipinski definition) is 1. The fraction of sp³-hybridized carbons (Fsp3) is 0.103. The van der Waals surface area contributed by atoms with Crippen LogP contribution in [0.25, 0.3) is 55.4 Å². The summed E-state index contributed by atoms with van der Waals surface area (Å²) in [5.41, 5.74) is 14.2. The van der Waals surface area contributed by atoms with Gasteiger partial charge in [0, 0.05) is 30.2 Å². The molecule has 1 unspecified atom stereocenters. The quantitative estimate of drug-likeness (QED) is 0.233. The van der Waals surface area contributed by atoms with E-state index in [1.165, 1.54) is 44.5 Å². The highest BCUT2D eigenvalue weighted by Crippen LogP contribution is 2.44. The van der Waals surface area contributed by atoms with Crippen LogP contribution in [0, 0.1) is 0 Å². The molecule has 0 bridgehead atoms. The summed E-state index contributed by atoms with van der Waals surface area (Å²) in [6.45, 7) is 0.834. The Morgan fingerprint density at radius 3 is 2.43 bits per heavy atom. The maximum absolute atomic E-state index is 5.44. The van der Waals surface area contributed by atoms with E-state index >= 15 is 0 Å². The highest BCUT2D eigenvalue weighted by molar-refractivity contribution is 5.96. The third-order valence-corrected chi connectivity index (χ3v) is 9.17. The normalized spacial score (nSPS) is 15.9. The number of allylic oxidation sites excluding steroid dienone is 2. The summed E-state index contributed by atoms with van der Waals surface area (Å²) in [7, 11) is 0. The van der Waals surface area contributed by atoms with Gasteiger partial charge >= 0.3 is 0 Å². The molecule has 4 aromatic carbocycles. The Balaban J connectivity index is 1.31. The molecule has 44 heavy (non-hydrogen) atoms. The van der Waals surface area contributed by atoms with Crippen molar-refractivity contribution >= 4 is 33.2 Å². The molecule has 9 rings (SSSR count). The molecule has 1 aliphatic heterocycles. The number of para-hydroxylation sites is 3. The summed E-state index contributed by atoms with van der Waals surface area (Å²) < 4.78 is 2.32. The lowest BCUT2D eigenvalue weighted by molar-refractivity contribution is 0.676. The van der Waals surface area contributed by atoms with E-state index in [4.69, 9.17) is 9.97 Å². The van der Waals surface area contributed by atoms with Crippen LogP contribution >= 0.6 is 0 Å². The number of aryl methyl sites for hydroxylation is 1. The van der Waals surface area contributed by atoms with Crippen molar-refractivity contribution < 1.29 is 0 Å². The third-order valence-electron chi connectivity index (χ3n) is 9.17. The summed E-state index contributed by atoms with van der Waals surface area (Å²) in [5.74, 6) is 1.11. The van der Waals surface area contributed by atoms with Gasteiger partial charge in [-0.3, -0.25) is 9.38 Å². The Morgan fingerprint density at radius 1 is 0.727 bits per heavy atom. The van der Waals surface area contributed by atoms with Gasteiger partial charge in [-0.1, -0.05) is 60.7 Å². The number of rotatable bonds is 3. The van der Waals surface area contributed by atoms with Gasteiger partial charge in [-0.25, -0.2) is 9.97 Å². The molecule has 1 N–H and O–H groups in total. The zero-order valence-electron chi connectivity index (χ0n) is 24.1. The van der Waals surface area contributed by atoms with Gasteiger partial charge in [-0.15, -0.1) is 0 Å². The van der Waals surface area contributed by atoms with Gasteiger partial charge in [0.1, 0.15) is 11.5 Å². The SMILES string of the molecule is C1=CC(c2ccc3c(c2)C(c2nc4ccccc4c4nc5ccccc5n24)CCc2cc(-c4ccncc4)ccc2-3)=CCN1. The maximum Gasteiger partial charge on any atom is 0.148 e. The number of dihydropyridines is 1. The Labute approximate surface area is 255 Å². The smallest absolute Gasteiger partial charge is 0.148 e. The highest BCUT2D eigenvalue weighted by Gasteiger charge is 2.29. The topological polar surface area (TPSA) is 55.1 Å². The fourth-order valence-corrected chi connectivity index (χ4v) is 7.06. The lowest BCUT2D eigenvalue weighted by Crippen LogP contribution is -2.12. The number of fused-ring (bicyclic) bond motifs is 8. The van der Waals surface area contributed by atoms with Crippen LogP contribution in [0.4, 0.5) is 0 Å². The zero-order valence-corrected chi connectivity index (χ0v) is 24.1. The van der Waals surface area contributed by atoms with Crippen molar-refractivity contribution in [1.82, 2.24) is 24.7 Å². The van der Waals surface area contributed by atoms with Gasteiger partial charge in [-0.2, -0.15) is 0 Å². The van der Waals surface area contributed by atoms with Crippen LogP contribution in [-0.4, -0.2) is 25.9 Å². The van der Waals surface area contributed by atoms with Gasteiger partial charge in [0.05, 0.1) is 16.6 Å². The van der Waals surface area contributed by atoms with E-state index in [1.54, 1.807) is 0 Å². The molecule has 0 radical (unpaired) electrons. The van der Waals surface area contributed by atoms with Crippen molar-refractivity contribution in [3.05, 3.63) is 150 Å². The van der Waals surface area contributed by atoms with Crippen molar-refractivity contribution in [3.63, 3.8) is 0 Å². The summed E-state index contributed by atoms with van der Waals surface area (Å²) in [5, 5.41) is 4.37. The number of imidazole rings is 1. The third kappa shape index (κ3) is 3.97. The van der Waals surface area contributed by atoms with E-state index in [-0.39, 0.29) is 5.92 Å². The Kier molecular flexibility index (Phi) is 5.69. The molecule has 1 aliphatic carbocycles. The second kappa shape index (κ2) is 10.0. The molecular formula is C39H29N5. The summed E-state index contributed by atoms with van der Waals surface area (Å²) >= 11 is 0. The van der Waals surface area contributed by atoms with Gasteiger partial charge in [0.2, 0.25) is 0 Å². The molecular weight excluding hydrogens is 538 g/mol. The van der Waals surface area contributed by atoms with E-state index in [9.17, 15) is 0 Å². The molecule has 3 aromatic heterocycles. The maximum atomic E-state index is 5.44. The molecule has 5 nitrogen and oxygen atoms in total. The van der Waals surface area contributed by atoms with Crippen molar-refractivity contribution in [2.75, 3.05) is 6.54 Å². The number of benzene rings is 4. The first-order valence-electron chi connectivity index (χ1n) is 15.3. The van der Waals surface area contributed by atoms with Crippen LogP contribution in [0.15, 0.2) is 128 Å². The fourth-order valence-electron chi connectivity index (χ4n) is 7.06. The van der Waals surface area contributed by atoms with E-state index in [1.807, 2.05) is 18.6 Å². The summed E-state index contributed by atoms with van der Waals surface area (Å²) in [6, 6.07) is 35.0. The average Bonchev–Trinajstić information content (AvgIpc) is 3.41. The molecule has 0 spiro atoms. The standard InChI is InChI=1S/C39H29N5/c1-2-6-35-33(5-1)39-43-36-7-3-4-8-37(36)44(39)38(42-35)32-14-11-29-23-27(25-15-19-40-20-16-25)9-12-30(29)31-13-10-28(24-34(31)32)26-17-21-41-22-18-26/h1-10,12-13,15-21,23-24,32,41H,11,14,22H2. The van der Waals surface area contributed by atoms with Crippen molar-refractivity contribution in [1.29, 1.82) is 0 Å². The molecule has 0 fully saturated rings. The highest BCUT2D eigenvalue weighted by atomic mass is 15.1. The van der Waals surface area contributed by atoms with Crippen LogP contribution in [0.3, 0.4) is 0 Å². The lowest BCUT2D eigenvalue weighted by Gasteiger charge is -2.21. The predicted molar refractivity (Wildman–Crippen MR) is 178 cm³/mol. The lowest BCUT2D eigenvalue weighted by atomic mass is 9.87. The minimum absolute atomic E-state index is 0.0673. The number of nitrogens with one attached hydrogen (secondary N) is 1. The second-order valence-electron chi connectivity index (χ2n) is 11.6. The van der Waals surface area contributed by atoms with Crippen LogP contribution < -0.4 is 5.32 Å². The number of aromatic nitrogens is 4. The van der Waals surface area contributed by atoms with E-state index in [0.29, 0.717) is 0 Å². The van der Waals surface area contributed by atoms with E-state index < -0.39 is 0 Å². The Morgan fingerprint density at radius 2 is 1.55 bits per heavy atom. The molecule has 0 amide bonds. The largest absolute Gasteiger partial charge is 0.387 e. The van der Waals surface area contributed by atoms with E-state index in [0.717, 1.165) is 52.8 Å². The van der Waals surface area contributed by atoms with Gasteiger partial charge in [0.15, 0.2) is 0 Å². The van der Waals surface area contributed by atoms with Gasteiger partial charge in [-0.05, 0) is 112 Å². The van der Waals surface area contributed by atoms with Crippen molar-refractivity contribution in [3.8, 4) is 22.3 Å². The minimum Gasteiger partial charge on any atom is -0.387 e. The molecule has 5 heteroatoms. The van der Waals surface area contributed by atoms with Crippen LogP contribution in [0.1, 0.15) is 34.9 Å². The van der Waals surface area contributed by atoms with Crippen LogP contribution in [0.5, 0.6) is 0 Å². The second-order valence-corrected chi connectivity index (χ2v) is 11.6. The van der Waals surface area contributed by atoms with Gasteiger partial charge < -0.3 is 5.32 Å². The Bertz CT molecular complexity index is 2290. The first kappa shape index (κ1) is 25.0. The number of pyridine rings is 1. The van der Waals surface area contributed by atoms with E-state index in [2.05, 4.69) is 124 Å². The number of hydrogen-bond acceptors (Lipinski definition) is 4. The minimum atomic E-state index is 0.0673. The van der Waals surface area contributed by atoms with Crippen LogP contribution in [0.2, 0.25) is 0 Å². The molecule has 0 saturated carbocycles.